The average molecular weight is 803 g/mol. The van der Waals surface area contributed by atoms with Crippen molar-refractivity contribution < 1.29 is 10.2 Å². The van der Waals surface area contributed by atoms with Crippen molar-refractivity contribution in [1.29, 1.82) is 0 Å². The van der Waals surface area contributed by atoms with Gasteiger partial charge in [-0.05, 0) is 105 Å². The molecule has 0 aromatic heterocycles. The molecule has 0 aliphatic rings. The quantitative estimate of drug-likeness (QED) is 0.0547. The van der Waals surface area contributed by atoms with Gasteiger partial charge in [0, 0.05) is 16.3 Å². The Morgan fingerprint density at radius 3 is 1.21 bits per heavy atom. The Hall–Kier alpha value is -1.96. The molecule has 7 atom stereocenters. The third-order valence-electron chi connectivity index (χ3n) is 14.3. The van der Waals surface area contributed by atoms with E-state index in [-0.39, 0.29) is 0 Å². The van der Waals surface area contributed by atoms with Crippen molar-refractivity contribution in [2.24, 2.45) is 47.3 Å². The SMILES string of the molecule is C/C(=C\CCC(C)CCc1c(C)c(O)c2ccccc2c1O)CCCC(C)CCCC(C)CCCC(C)CCCC(C)CCCC(C)CCCC(C)CCCC(C)C. The van der Waals surface area contributed by atoms with Crippen LogP contribution in [0.4, 0.5) is 0 Å². The third-order valence-corrected chi connectivity index (χ3v) is 14.3. The van der Waals surface area contributed by atoms with Crippen molar-refractivity contribution in [2.45, 2.75) is 237 Å². The molecule has 2 heteroatoms. The normalized spacial score (nSPS) is 16.1. The first-order valence-corrected chi connectivity index (χ1v) is 25.2. The van der Waals surface area contributed by atoms with Crippen LogP contribution >= 0.6 is 0 Å². The predicted molar refractivity (Wildman–Crippen MR) is 259 cm³/mol. The van der Waals surface area contributed by atoms with Gasteiger partial charge in [-0.25, -0.2) is 0 Å². The zero-order valence-corrected chi connectivity index (χ0v) is 40.6. The molecule has 2 aromatic carbocycles. The molecular weight excluding hydrogens is 705 g/mol. The highest BCUT2D eigenvalue weighted by atomic mass is 16.3. The Morgan fingerprint density at radius 2 is 0.810 bits per heavy atom. The lowest BCUT2D eigenvalue weighted by Crippen LogP contribution is -2.03. The van der Waals surface area contributed by atoms with Crippen LogP contribution in [0, 0.1) is 54.3 Å². The molecule has 58 heavy (non-hydrogen) atoms. The Morgan fingerprint density at radius 1 is 0.466 bits per heavy atom. The molecule has 7 unspecified atom stereocenters. The zero-order valence-electron chi connectivity index (χ0n) is 40.6. The summed E-state index contributed by atoms with van der Waals surface area (Å²) in [7, 11) is 0. The average Bonchev–Trinajstić information content (AvgIpc) is 3.17. The molecule has 0 aliphatic heterocycles. The van der Waals surface area contributed by atoms with Crippen LogP contribution in [0.15, 0.2) is 35.9 Å². The van der Waals surface area contributed by atoms with Gasteiger partial charge < -0.3 is 10.2 Å². The number of phenolic OH excluding ortho intramolecular Hbond substituents is 2. The second-order valence-corrected chi connectivity index (χ2v) is 21.1. The molecule has 2 nitrogen and oxygen atoms in total. The van der Waals surface area contributed by atoms with E-state index in [0.29, 0.717) is 17.4 Å². The molecule has 2 aromatic rings. The highest BCUT2D eigenvalue weighted by molar-refractivity contribution is 5.95. The first kappa shape index (κ1) is 52.2. The van der Waals surface area contributed by atoms with E-state index in [9.17, 15) is 10.2 Å². The standard InChI is InChI=1S/C56H98O2/c1-42(2)22-14-23-43(3)24-15-25-44(4)26-16-27-45(5)28-17-29-46(6)30-18-31-47(7)32-19-33-48(8)34-20-35-49(9)36-21-37-50(10)40-41-52-51(11)55(57)53-38-12-13-39-54(53)56(52)58/h12-13,36,38-39,42-48,50,57-58H,14-35,37,40-41H2,1-11H3/b49-36+. The zero-order chi connectivity index (χ0) is 42.9. The fourth-order valence-corrected chi connectivity index (χ4v) is 9.68. The molecule has 0 spiro atoms. The van der Waals surface area contributed by atoms with Crippen molar-refractivity contribution in [3.63, 3.8) is 0 Å². The van der Waals surface area contributed by atoms with Crippen LogP contribution in [0.25, 0.3) is 10.8 Å². The molecule has 0 bridgehead atoms. The molecule has 334 valence electrons. The molecule has 0 radical (unpaired) electrons. The maximum absolute atomic E-state index is 10.9. The molecule has 2 N–H and O–H groups in total. The first-order valence-electron chi connectivity index (χ1n) is 25.2. The number of fused-ring (bicyclic) bond motifs is 1. The molecule has 0 aliphatic carbocycles. The number of allylic oxidation sites excluding steroid dienone is 2. The third kappa shape index (κ3) is 22.6. The smallest absolute Gasteiger partial charge is 0.127 e. The van der Waals surface area contributed by atoms with Gasteiger partial charge in [-0.1, -0.05) is 220 Å². The number of aromatic hydroxyl groups is 2. The van der Waals surface area contributed by atoms with Gasteiger partial charge in [-0.15, -0.1) is 0 Å². The molecule has 0 heterocycles. The second-order valence-electron chi connectivity index (χ2n) is 21.1. The van der Waals surface area contributed by atoms with E-state index in [4.69, 9.17) is 0 Å². The van der Waals surface area contributed by atoms with Crippen LogP contribution in [0.2, 0.25) is 0 Å². The van der Waals surface area contributed by atoms with Gasteiger partial charge in [0.25, 0.3) is 0 Å². The summed E-state index contributed by atoms with van der Waals surface area (Å²) < 4.78 is 0. The molecule has 0 amide bonds. The maximum Gasteiger partial charge on any atom is 0.127 e. The van der Waals surface area contributed by atoms with E-state index < -0.39 is 0 Å². The van der Waals surface area contributed by atoms with Crippen molar-refractivity contribution >= 4 is 10.8 Å². The summed E-state index contributed by atoms with van der Waals surface area (Å²) in [6.07, 6.45) is 36.1. The minimum absolute atomic E-state index is 0.309. The highest BCUT2D eigenvalue weighted by Crippen LogP contribution is 2.40. The van der Waals surface area contributed by atoms with Gasteiger partial charge in [0.05, 0.1) is 0 Å². The minimum Gasteiger partial charge on any atom is -0.507 e. The predicted octanol–water partition coefficient (Wildman–Crippen LogP) is 18.5. The highest BCUT2D eigenvalue weighted by Gasteiger charge is 2.17. The Kier molecular flexibility index (Phi) is 27.1. The number of benzene rings is 2. The van der Waals surface area contributed by atoms with E-state index in [1.807, 2.05) is 31.2 Å². The molecule has 0 saturated heterocycles. The maximum atomic E-state index is 10.9. The van der Waals surface area contributed by atoms with Crippen LogP contribution < -0.4 is 0 Å². The summed E-state index contributed by atoms with van der Waals surface area (Å²) in [5, 5.41) is 23.1. The fourth-order valence-electron chi connectivity index (χ4n) is 9.68. The summed E-state index contributed by atoms with van der Waals surface area (Å²) in [5.41, 5.74) is 3.26. The largest absolute Gasteiger partial charge is 0.507 e. The summed E-state index contributed by atoms with van der Waals surface area (Å²) in [5.74, 6) is 7.43. The van der Waals surface area contributed by atoms with Crippen molar-refractivity contribution in [2.75, 3.05) is 0 Å². The second kappa shape index (κ2) is 30.1. The lowest BCUT2D eigenvalue weighted by molar-refractivity contribution is 0.356. The fraction of sp³-hybridized carbons (Fsp3) is 0.786. The van der Waals surface area contributed by atoms with Gasteiger partial charge in [-0.3, -0.25) is 0 Å². The van der Waals surface area contributed by atoms with Crippen molar-refractivity contribution in [3.8, 4) is 11.5 Å². The van der Waals surface area contributed by atoms with Crippen molar-refractivity contribution in [3.05, 3.63) is 47.0 Å². The molecule has 0 saturated carbocycles. The summed E-state index contributed by atoms with van der Waals surface area (Å²) in [6, 6.07) is 7.61. The number of rotatable bonds is 34. The summed E-state index contributed by atoms with van der Waals surface area (Å²) in [4.78, 5) is 0. The van der Waals surface area contributed by atoms with Crippen molar-refractivity contribution in [1.82, 2.24) is 0 Å². The Bertz CT molecular complexity index is 1370. The van der Waals surface area contributed by atoms with E-state index >= 15 is 0 Å². The lowest BCUT2D eigenvalue weighted by Gasteiger charge is -2.18. The van der Waals surface area contributed by atoms with E-state index in [2.05, 4.69) is 75.3 Å². The van der Waals surface area contributed by atoms with Crippen LogP contribution in [0.5, 0.6) is 11.5 Å². The number of hydrogen-bond donors (Lipinski definition) is 2. The van der Waals surface area contributed by atoms with Gasteiger partial charge in [-0.2, -0.15) is 0 Å². The first-order chi connectivity index (χ1) is 27.7. The summed E-state index contributed by atoms with van der Waals surface area (Å²) in [6.45, 7) is 26.3. The van der Waals surface area contributed by atoms with E-state index in [0.717, 1.165) is 82.6 Å². The Labute approximate surface area is 362 Å². The van der Waals surface area contributed by atoms with Gasteiger partial charge >= 0.3 is 0 Å². The van der Waals surface area contributed by atoms with Crippen LogP contribution in [0.3, 0.4) is 0 Å². The van der Waals surface area contributed by atoms with Crippen LogP contribution in [-0.4, -0.2) is 10.2 Å². The molecular formula is C56H98O2. The minimum atomic E-state index is 0.309. The van der Waals surface area contributed by atoms with Gasteiger partial charge in [0.15, 0.2) is 0 Å². The number of hydrogen-bond acceptors (Lipinski definition) is 2. The van der Waals surface area contributed by atoms with Gasteiger partial charge in [0.1, 0.15) is 11.5 Å². The molecule has 2 rings (SSSR count). The monoisotopic (exact) mass is 803 g/mol. The topological polar surface area (TPSA) is 40.5 Å². The molecule has 0 fully saturated rings. The number of phenols is 2. The Balaban J connectivity index is 1.45. The summed E-state index contributed by atoms with van der Waals surface area (Å²) >= 11 is 0. The van der Waals surface area contributed by atoms with E-state index in [1.165, 1.54) is 141 Å². The lowest BCUT2D eigenvalue weighted by atomic mass is 9.89. The van der Waals surface area contributed by atoms with E-state index in [1.54, 1.807) is 5.57 Å². The van der Waals surface area contributed by atoms with Crippen LogP contribution in [0.1, 0.15) is 234 Å². The van der Waals surface area contributed by atoms with Gasteiger partial charge in [0.2, 0.25) is 0 Å². The van der Waals surface area contributed by atoms with Crippen LogP contribution in [-0.2, 0) is 6.42 Å².